The Morgan fingerprint density at radius 1 is 1.08 bits per heavy atom. The van der Waals surface area contributed by atoms with Gasteiger partial charge in [0.2, 0.25) is 0 Å². The molecule has 2 aromatic heterocycles. The molecule has 0 bridgehead atoms. The number of pyridine rings is 1. The fourth-order valence-corrected chi connectivity index (χ4v) is 3.12. The van der Waals surface area contributed by atoms with Crippen molar-refractivity contribution in [1.82, 2.24) is 15.0 Å². The smallest absolute Gasteiger partial charge is 0.134 e. The number of halogens is 1. The summed E-state index contributed by atoms with van der Waals surface area (Å²) in [5.41, 5.74) is 4.33. The van der Waals surface area contributed by atoms with Crippen molar-refractivity contribution >= 4 is 11.6 Å². The first-order valence-corrected chi connectivity index (χ1v) is 8.68. The number of hydrogen-bond acceptors (Lipinski definition) is 5. The van der Waals surface area contributed by atoms with Crippen molar-refractivity contribution in [2.45, 2.75) is 26.4 Å². The normalized spacial score (nSPS) is 13.4. The molecule has 26 heavy (non-hydrogen) atoms. The van der Waals surface area contributed by atoms with Gasteiger partial charge >= 0.3 is 0 Å². The minimum absolute atomic E-state index is 0.227. The highest BCUT2D eigenvalue weighted by Crippen LogP contribution is 2.26. The molecule has 0 fully saturated rings. The molecule has 132 valence electrons. The number of benzene rings is 1. The molecule has 3 heterocycles. The molecule has 0 atom stereocenters. The molecule has 5 nitrogen and oxygen atoms in total. The van der Waals surface area contributed by atoms with E-state index >= 15 is 0 Å². The third-order valence-electron chi connectivity index (χ3n) is 4.60. The Bertz CT molecular complexity index is 893. The van der Waals surface area contributed by atoms with E-state index in [1.807, 2.05) is 13.1 Å². The van der Waals surface area contributed by atoms with Gasteiger partial charge < -0.3 is 10.2 Å². The average Bonchev–Trinajstić information content (AvgIpc) is 2.68. The number of aryl methyl sites for hydroxylation is 1. The largest absolute Gasteiger partial charge is 0.366 e. The molecule has 1 N–H and O–H groups in total. The summed E-state index contributed by atoms with van der Waals surface area (Å²) in [6.45, 7) is 4.23. The second kappa shape index (κ2) is 7.07. The van der Waals surface area contributed by atoms with Crippen molar-refractivity contribution in [2.75, 3.05) is 16.8 Å². The predicted octanol–water partition coefficient (Wildman–Crippen LogP) is 3.49. The van der Waals surface area contributed by atoms with Crippen LogP contribution in [0.4, 0.5) is 16.0 Å². The zero-order chi connectivity index (χ0) is 17.9. The second-order valence-corrected chi connectivity index (χ2v) is 6.49. The Morgan fingerprint density at radius 2 is 1.92 bits per heavy atom. The van der Waals surface area contributed by atoms with Gasteiger partial charge in [0.15, 0.2) is 0 Å². The Hall–Kier alpha value is -3.02. The number of hydrogen-bond donors (Lipinski definition) is 1. The van der Waals surface area contributed by atoms with Gasteiger partial charge in [-0.3, -0.25) is 0 Å². The number of rotatable bonds is 4. The SMILES string of the molecule is Cc1ccc(N2CCc3ncnc(NCc4ccc(F)cc4)c3C2)nc1. The van der Waals surface area contributed by atoms with Gasteiger partial charge in [0.1, 0.15) is 23.8 Å². The molecular formula is C20H20FN5. The molecule has 6 heteroatoms. The van der Waals surface area contributed by atoms with Crippen molar-refractivity contribution in [3.05, 3.63) is 77.1 Å². The third kappa shape index (κ3) is 3.49. The lowest BCUT2D eigenvalue weighted by Gasteiger charge is -2.30. The van der Waals surface area contributed by atoms with Crippen LogP contribution in [-0.2, 0) is 19.5 Å². The molecular weight excluding hydrogens is 329 g/mol. The number of fused-ring (bicyclic) bond motifs is 1. The molecule has 0 amide bonds. The number of nitrogens with one attached hydrogen (secondary N) is 1. The van der Waals surface area contributed by atoms with Crippen molar-refractivity contribution < 1.29 is 4.39 Å². The molecule has 4 rings (SSSR count). The van der Waals surface area contributed by atoms with Crippen LogP contribution in [0, 0.1) is 12.7 Å². The molecule has 0 radical (unpaired) electrons. The lowest BCUT2D eigenvalue weighted by Crippen LogP contribution is -2.32. The summed E-state index contributed by atoms with van der Waals surface area (Å²) in [5.74, 6) is 1.57. The Kier molecular flexibility index (Phi) is 4.48. The highest BCUT2D eigenvalue weighted by Gasteiger charge is 2.21. The van der Waals surface area contributed by atoms with Crippen LogP contribution in [0.25, 0.3) is 0 Å². The molecule has 0 saturated heterocycles. The van der Waals surface area contributed by atoms with Gasteiger partial charge in [-0.25, -0.2) is 19.3 Å². The van der Waals surface area contributed by atoms with E-state index in [9.17, 15) is 4.39 Å². The maximum absolute atomic E-state index is 13.1. The van der Waals surface area contributed by atoms with Crippen LogP contribution in [0.5, 0.6) is 0 Å². The molecule has 1 aliphatic heterocycles. The van der Waals surface area contributed by atoms with E-state index in [-0.39, 0.29) is 5.82 Å². The van der Waals surface area contributed by atoms with E-state index in [1.54, 1.807) is 18.5 Å². The fourth-order valence-electron chi connectivity index (χ4n) is 3.12. The summed E-state index contributed by atoms with van der Waals surface area (Å²) in [6.07, 6.45) is 4.35. The zero-order valence-electron chi connectivity index (χ0n) is 14.6. The first-order valence-electron chi connectivity index (χ1n) is 8.68. The topological polar surface area (TPSA) is 53.9 Å². The molecule has 3 aromatic rings. The van der Waals surface area contributed by atoms with Crippen molar-refractivity contribution in [1.29, 1.82) is 0 Å². The van der Waals surface area contributed by atoms with Crippen LogP contribution in [0.3, 0.4) is 0 Å². The lowest BCUT2D eigenvalue weighted by molar-refractivity contribution is 0.627. The van der Waals surface area contributed by atoms with E-state index in [2.05, 4.69) is 37.3 Å². The molecule has 0 unspecified atom stereocenters. The highest BCUT2D eigenvalue weighted by atomic mass is 19.1. The standard InChI is InChI=1S/C20H20FN5/c1-14-2-7-19(22-10-14)26-9-8-18-17(12-26)20(25-13-24-18)23-11-15-3-5-16(21)6-4-15/h2-7,10,13H,8-9,11-12H2,1H3,(H,23,24,25). The molecule has 1 aromatic carbocycles. The summed E-state index contributed by atoms with van der Waals surface area (Å²) >= 11 is 0. The van der Waals surface area contributed by atoms with Gasteiger partial charge in [0.25, 0.3) is 0 Å². The highest BCUT2D eigenvalue weighted by molar-refractivity contribution is 5.52. The number of aromatic nitrogens is 3. The van der Waals surface area contributed by atoms with Gasteiger partial charge in [-0.05, 0) is 36.2 Å². The molecule has 0 spiro atoms. The Morgan fingerprint density at radius 3 is 2.69 bits per heavy atom. The molecule has 1 aliphatic rings. The van der Waals surface area contributed by atoms with Crippen molar-refractivity contribution in [2.24, 2.45) is 0 Å². The Balaban J connectivity index is 1.53. The van der Waals surface area contributed by atoms with Gasteiger partial charge in [-0.2, -0.15) is 0 Å². The van der Waals surface area contributed by atoms with E-state index in [0.717, 1.165) is 53.5 Å². The number of anilines is 2. The average molecular weight is 349 g/mol. The van der Waals surface area contributed by atoms with Crippen molar-refractivity contribution in [3.8, 4) is 0 Å². The van der Waals surface area contributed by atoms with Gasteiger partial charge in [-0.15, -0.1) is 0 Å². The maximum atomic E-state index is 13.1. The van der Waals surface area contributed by atoms with Gasteiger partial charge in [0.05, 0.1) is 5.69 Å². The van der Waals surface area contributed by atoms with Gasteiger partial charge in [-0.1, -0.05) is 18.2 Å². The van der Waals surface area contributed by atoms with Crippen LogP contribution in [0.2, 0.25) is 0 Å². The first kappa shape index (κ1) is 16.4. The quantitative estimate of drug-likeness (QED) is 0.781. The minimum atomic E-state index is -0.227. The minimum Gasteiger partial charge on any atom is -0.366 e. The van der Waals surface area contributed by atoms with E-state index in [4.69, 9.17) is 0 Å². The van der Waals surface area contributed by atoms with Crippen LogP contribution in [-0.4, -0.2) is 21.5 Å². The molecule has 0 aliphatic carbocycles. The second-order valence-electron chi connectivity index (χ2n) is 6.49. The number of nitrogens with zero attached hydrogens (tertiary/aromatic N) is 4. The monoisotopic (exact) mass is 349 g/mol. The van der Waals surface area contributed by atoms with Crippen LogP contribution >= 0.6 is 0 Å². The van der Waals surface area contributed by atoms with Crippen LogP contribution in [0.1, 0.15) is 22.4 Å². The Labute approximate surface area is 151 Å². The fraction of sp³-hybridized carbons (Fsp3) is 0.250. The van der Waals surface area contributed by atoms with Crippen molar-refractivity contribution in [3.63, 3.8) is 0 Å². The third-order valence-corrected chi connectivity index (χ3v) is 4.60. The summed E-state index contributed by atoms with van der Waals surface area (Å²) in [5, 5.41) is 3.37. The summed E-state index contributed by atoms with van der Waals surface area (Å²) in [6, 6.07) is 10.6. The van der Waals surface area contributed by atoms with E-state index in [0.29, 0.717) is 6.54 Å². The van der Waals surface area contributed by atoms with E-state index in [1.165, 1.54) is 12.1 Å². The van der Waals surface area contributed by atoms with Crippen LogP contribution < -0.4 is 10.2 Å². The van der Waals surface area contributed by atoms with E-state index < -0.39 is 0 Å². The summed E-state index contributed by atoms with van der Waals surface area (Å²) in [7, 11) is 0. The lowest BCUT2D eigenvalue weighted by atomic mass is 10.1. The summed E-state index contributed by atoms with van der Waals surface area (Å²) in [4.78, 5) is 15.6. The predicted molar refractivity (Wildman–Crippen MR) is 99.5 cm³/mol. The summed E-state index contributed by atoms with van der Waals surface area (Å²) < 4.78 is 13.1. The maximum Gasteiger partial charge on any atom is 0.134 e. The van der Waals surface area contributed by atoms with Gasteiger partial charge in [0, 0.05) is 37.8 Å². The zero-order valence-corrected chi connectivity index (χ0v) is 14.6. The molecule has 0 saturated carbocycles. The van der Waals surface area contributed by atoms with Crippen LogP contribution in [0.15, 0.2) is 48.9 Å². The first-order chi connectivity index (χ1) is 12.7.